The zero-order valence-corrected chi connectivity index (χ0v) is 15.4. The maximum Gasteiger partial charge on any atom is 0.223 e. The quantitative estimate of drug-likeness (QED) is 0.801. The molecule has 3 N–H and O–H groups in total. The fourth-order valence-electron chi connectivity index (χ4n) is 3.66. The molecule has 1 aliphatic carbocycles. The minimum Gasteiger partial charge on any atom is -0.489 e. The van der Waals surface area contributed by atoms with Crippen LogP contribution in [0.4, 0.5) is 0 Å². The minimum atomic E-state index is 0.0805. The highest BCUT2D eigenvalue weighted by atomic mass is 16.5. The highest BCUT2D eigenvalue weighted by molar-refractivity contribution is 5.79. The summed E-state index contributed by atoms with van der Waals surface area (Å²) in [5, 5.41) is 3.05. The second-order valence-corrected chi connectivity index (χ2v) is 7.17. The van der Waals surface area contributed by atoms with Crippen LogP contribution in [0.15, 0.2) is 48.5 Å². The third-order valence-corrected chi connectivity index (χ3v) is 5.18. The number of amides is 1. The largest absolute Gasteiger partial charge is 0.489 e. The number of ether oxygens (including phenoxy) is 1. The number of aryl methyl sites for hydroxylation is 1. The third kappa shape index (κ3) is 4.85. The number of nitrogens with two attached hydrogens (primary N) is 1. The molecular formula is C22H28N2O2. The van der Waals surface area contributed by atoms with Gasteiger partial charge >= 0.3 is 0 Å². The van der Waals surface area contributed by atoms with Gasteiger partial charge in [-0.15, -0.1) is 0 Å². The smallest absolute Gasteiger partial charge is 0.223 e. The van der Waals surface area contributed by atoms with Crippen LogP contribution < -0.4 is 15.8 Å². The highest BCUT2D eigenvalue weighted by Crippen LogP contribution is 2.31. The van der Waals surface area contributed by atoms with Gasteiger partial charge in [-0.1, -0.05) is 48.4 Å². The van der Waals surface area contributed by atoms with Gasteiger partial charge in [0.25, 0.3) is 0 Å². The van der Waals surface area contributed by atoms with Gasteiger partial charge in [0.05, 0.1) is 0 Å². The van der Waals surface area contributed by atoms with E-state index in [-0.39, 0.29) is 11.8 Å². The maximum absolute atomic E-state index is 12.4. The molecule has 1 saturated carbocycles. The number of hydrogen-bond donors (Lipinski definition) is 2. The van der Waals surface area contributed by atoms with Crippen LogP contribution >= 0.6 is 0 Å². The van der Waals surface area contributed by atoms with Crippen molar-refractivity contribution >= 4 is 5.91 Å². The van der Waals surface area contributed by atoms with E-state index < -0.39 is 0 Å². The monoisotopic (exact) mass is 352 g/mol. The number of carbonyl (C=O) groups excluding carboxylic acids is 1. The van der Waals surface area contributed by atoms with Crippen molar-refractivity contribution in [2.45, 2.75) is 39.3 Å². The van der Waals surface area contributed by atoms with Gasteiger partial charge in [0.1, 0.15) is 12.4 Å². The molecular weight excluding hydrogens is 324 g/mol. The van der Waals surface area contributed by atoms with E-state index in [0.717, 1.165) is 36.1 Å². The minimum absolute atomic E-state index is 0.0805. The van der Waals surface area contributed by atoms with E-state index in [1.165, 1.54) is 5.56 Å². The van der Waals surface area contributed by atoms with Crippen LogP contribution in [0, 0.1) is 18.8 Å². The molecule has 1 aliphatic rings. The Morgan fingerprint density at radius 2 is 1.96 bits per heavy atom. The summed E-state index contributed by atoms with van der Waals surface area (Å²) in [6.07, 6.45) is 3.13. The summed E-state index contributed by atoms with van der Waals surface area (Å²) in [5.41, 5.74) is 9.24. The Hall–Kier alpha value is -2.33. The lowest BCUT2D eigenvalue weighted by Crippen LogP contribution is -2.34. The summed E-state index contributed by atoms with van der Waals surface area (Å²) in [6.45, 7) is 3.78. The Balaban J connectivity index is 1.47. The molecule has 4 nitrogen and oxygen atoms in total. The van der Waals surface area contributed by atoms with Crippen LogP contribution in [0.1, 0.15) is 36.0 Å². The lowest BCUT2D eigenvalue weighted by Gasteiger charge is -2.17. The number of benzene rings is 2. The standard InChI is InChI=1S/C22H28N2O2/c1-16-4-2-5-18(12-16)15-26-20-10-8-17(9-11-20)14-24-22(25)21-7-3-6-19(21)13-23/h2,4-5,8-12,19,21H,3,6-7,13-15,23H2,1H3,(H,24,25)/t19-,21-/m1/s1. The molecule has 138 valence electrons. The second kappa shape index (κ2) is 8.86. The second-order valence-electron chi connectivity index (χ2n) is 7.17. The summed E-state index contributed by atoms with van der Waals surface area (Å²) in [4.78, 5) is 12.4. The molecule has 1 fully saturated rings. The van der Waals surface area contributed by atoms with Crippen LogP contribution in [0.3, 0.4) is 0 Å². The molecule has 0 bridgehead atoms. The molecule has 3 rings (SSSR count). The lowest BCUT2D eigenvalue weighted by molar-refractivity contribution is -0.126. The lowest BCUT2D eigenvalue weighted by atomic mass is 9.95. The number of carbonyl (C=O) groups is 1. The summed E-state index contributed by atoms with van der Waals surface area (Å²) in [6, 6.07) is 16.2. The van der Waals surface area contributed by atoms with Crippen molar-refractivity contribution in [1.82, 2.24) is 5.32 Å². The van der Waals surface area contributed by atoms with Gasteiger partial charge in [0.2, 0.25) is 5.91 Å². The van der Waals surface area contributed by atoms with Crippen LogP contribution in [-0.4, -0.2) is 12.5 Å². The predicted molar refractivity (Wildman–Crippen MR) is 104 cm³/mol. The number of nitrogens with one attached hydrogen (secondary N) is 1. The van der Waals surface area contributed by atoms with Crippen LogP contribution in [0.5, 0.6) is 5.75 Å². The third-order valence-electron chi connectivity index (χ3n) is 5.18. The van der Waals surface area contributed by atoms with Crippen molar-refractivity contribution in [1.29, 1.82) is 0 Å². The summed E-state index contributed by atoms with van der Waals surface area (Å²) in [7, 11) is 0. The van der Waals surface area contributed by atoms with Crippen molar-refractivity contribution < 1.29 is 9.53 Å². The SMILES string of the molecule is Cc1cccc(COc2ccc(CNC(=O)[C@@H]3CCC[C@@H]3CN)cc2)c1. The number of rotatable bonds is 7. The van der Waals surface area contributed by atoms with E-state index in [2.05, 4.69) is 30.4 Å². The van der Waals surface area contributed by atoms with Crippen molar-refractivity contribution in [2.75, 3.05) is 6.54 Å². The zero-order valence-electron chi connectivity index (χ0n) is 15.4. The molecule has 0 saturated heterocycles. The van der Waals surface area contributed by atoms with Gasteiger partial charge in [-0.3, -0.25) is 4.79 Å². The van der Waals surface area contributed by atoms with E-state index in [0.29, 0.717) is 25.6 Å². The Kier molecular flexibility index (Phi) is 6.29. The molecule has 0 radical (unpaired) electrons. The van der Waals surface area contributed by atoms with Gasteiger partial charge in [0, 0.05) is 12.5 Å². The van der Waals surface area contributed by atoms with E-state index in [1.54, 1.807) is 0 Å². The highest BCUT2D eigenvalue weighted by Gasteiger charge is 2.31. The first-order valence-electron chi connectivity index (χ1n) is 9.41. The van der Waals surface area contributed by atoms with Crippen molar-refractivity contribution in [2.24, 2.45) is 17.6 Å². The average molecular weight is 352 g/mol. The first-order chi connectivity index (χ1) is 12.7. The molecule has 4 heteroatoms. The Labute approximate surface area is 155 Å². The zero-order chi connectivity index (χ0) is 18.4. The van der Waals surface area contributed by atoms with Crippen molar-refractivity contribution in [3.63, 3.8) is 0 Å². The van der Waals surface area contributed by atoms with Crippen LogP contribution in [0.25, 0.3) is 0 Å². The first-order valence-corrected chi connectivity index (χ1v) is 9.41. The Morgan fingerprint density at radius 1 is 1.15 bits per heavy atom. The van der Waals surface area contributed by atoms with E-state index in [9.17, 15) is 4.79 Å². The van der Waals surface area contributed by atoms with Crippen LogP contribution in [0.2, 0.25) is 0 Å². The average Bonchev–Trinajstić information content (AvgIpc) is 3.14. The van der Waals surface area contributed by atoms with Gasteiger partial charge in [-0.05, 0) is 55.5 Å². The van der Waals surface area contributed by atoms with Gasteiger partial charge in [-0.25, -0.2) is 0 Å². The van der Waals surface area contributed by atoms with E-state index in [1.807, 2.05) is 30.3 Å². The molecule has 2 aromatic rings. The molecule has 0 spiro atoms. The summed E-state index contributed by atoms with van der Waals surface area (Å²) >= 11 is 0. The molecule has 0 aromatic heterocycles. The van der Waals surface area contributed by atoms with Crippen LogP contribution in [-0.2, 0) is 17.9 Å². The molecule has 0 heterocycles. The summed E-state index contributed by atoms with van der Waals surface area (Å²) < 4.78 is 5.84. The predicted octanol–water partition coefficient (Wildman–Crippen LogP) is 3.57. The summed E-state index contributed by atoms with van der Waals surface area (Å²) in [5.74, 6) is 1.39. The van der Waals surface area contributed by atoms with Gasteiger partial charge < -0.3 is 15.8 Å². The number of hydrogen-bond acceptors (Lipinski definition) is 3. The first kappa shape index (κ1) is 18.5. The van der Waals surface area contributed by atoms with Gasteiger partial charge in [-0.2, -0.15) is 0 Å². The topological polar surface area (TPSA) is 64.3 Å². The Bertz CT molecular complexity index is 727. The van der Waals surface area contributed by atoms with Crippen molar-refractivity contribution in [3.8, 4) is 5.75 Å². The molecule has 1 amide bonds. The van der Waals surface area contributed by atoms with E-state index in [4.69, 9.17) is 10.5 Å². The molecule has 0 aliphatic heterocycles. The fraction of sp³-hybridized carbons (Fsp3) is 0.409. The van der Waals surface area contributed by atoms with Gasteiger partial charge in [0.15, 0.2) is 0 Å². The molecule has 26 heavy (non-hydrogen) atoms. The maximum atomic E-state index is 12.4. The van der Waals surface area contributed by atoms with E-state index >= 15 is 0 Å². The Morgan fingerprint density at radius 3 is 2.69 bits per heavy atom. The fourth-order valence-corrected chi connectivity index (χ4v) is 3.66. The normalized spacial score (nSPS) is 19.3. The van der Waals surface area contributed by atoms with Crippen molar-refractivity contribution in [3.05, 3.63) is 65.2 Å². The molecule has 0 unspecified atom stereocenters. The molecule has 2 atom stereocenters. The molecule has 2 aromatic carbocycles.